The minimum absolute atomic E-state index is 0.0652. The van der Waals surface area contributed by atoms with Crippen molar-refractivity contribution in [2.45, 2.75) is 39.7 Å². The standard InChI is InChI=1S/C22H28N2O3/c1-17-9-12-23(13-10-17)21(25)11-14-24(16-19-7-5-15-27-19)22(26)20-8-4-3-6-18(20)2/h3-8,15,17H,9-14,16H2,1-2H3. The van der Waals surface area contributed by atoms with Gasteiger partial charge in [-0.3, -0.25) is 9.59 Å². The molecule has 5 nitrogen and oxygen atoms in total. The molecule has 3 rings (SSSR count). The minimum atomic E-state index is -0.0652. The summed E-state index contributed by atoms with van der Waals surface area (Å²) in [5.74, 6) is 1.47. The van der Waals surface area contributed by atoms with E-state index >= 15 is 0 Å². The Balaban J connectivity index is 1.67. The lowest BCUT2D eigenvalue weighted by Crippen LogP contribution is -2.40. The van der Waals surface area contributed by atoms with Gasteiger partial charge in [-0.05, 0) is 49.4 Å². The van der Waals surface area contributed by atoms with Crippen molar-refractivity contribution in [3.8, 4) is 0 Å². The van der Waals surface area contributed by atoms with Gasteiger partial charge in [-0.2, -0.15) is 0 Å². The van der Waals surface area contributed by atoms with Crippen molar-refractivity contribution in [1.29, 1.82) is 0 Å². The number of amides is 2. The molecule has 1 aliphatic heterocycles. The molecule has 0 atom stereocenters. The lowest BCUT2D eigenvalue weighted by atomic mass is 9.99. The van der Waals surface area contributed by atoms with Crippen LogP contribution < -0.4 is 0 Å². The van der Waals surface area contributed by atoms with Crippen molar-refractivity contribution >= 4 is 11.8 Å². The molecule has 2 heterocycles. The summed E-state index contributed by atoms with van der Waals surface area (Å²) in [5, 5.41) is 0. The number of benzene rings is 1. The van der Waals surface area contributed by atoms with Gasteiger partial charge in [-0.15, -0.1) is 0 Å². The summed E-state index contributed by atoms with van der Waals surface area (Å²) < 4.78 is 5.43. The van der Waals surface area contributed by atoms with E-state index in [9.17, 15) is 9.59 Å². The van der Waals surface area contributed by atoms with Crippen LogP contribution in [-0.4, -0.2) is 41.2 Å². The molecule has 1 aromatic heterocycles. The van der Waals surface area contributed by atoms with Gasteiger partial charge in [0.05, 0.1) is 12.8 Å². The number of rotatable bonds is 6. The van der Waals surface area contributed by atoms with Crippen LogP contribution >= 0.6 is 0 Å². The summed E-state index contributed by atoms with van der Waals surface area (Å²) in [7, 11) is 0. The topological polar surface area (TPSA) is 53.8 Å². The summed E-state index contributed by atoms with van der Waals surface area (Å²) in [5.41, 5.74) is 1.60. The average molecular weight is 368 g/mol. The van der Waals surface area contributed by atoms with Crippen molar-refractivity contribution < 1.29 is 14.0 Å². The molecule has 0 spiro atoms. The highest BCUT2D eigenvalue weighted by atomic mass is 16.3. The quantitative estimate of drug-likeness (QED) is 0.777. The molecule has 144 valence electrons. The van der Waals surface area contributed by atoms with Crippen molar-refractivity contribution in [2.24, 2.45) is 5.92 Å². The van der Waals surface area contributed by atoms with E-state index in [1.807, 2.05) is 48.2 Å². The Morgan fingerprint density at radius 1 is 1.15 bits per heavy atom. The lowest BCUT2D eigenvalue weighted by Gasteiger charge is -2.31. The van der Waals surface area contributed by atoms with E-state index in [0.717, 1.165) is 37.3 Å². The summed E-state index contributed by atoms with van der Waals surface area (Å²) in [6.45, 7) is 6.56. The number of carbonyl (C=O) groups excluding carboxylic acids is 2. The van der Waals surface area contributed by atoms with E-state index in [1.165, 1.54) is 0 Å². The maximum Gasteiger partial charge on any atom is 0.254 e. The Labute approximate surface area is 160 Å². The molecule has 0 bridgehead atoms. The fourth-order valence-corrected chi connectivity index (χ4v) is 3.47. The Morgan fingerprint density at radius 2 is 1.89 bits per heavy atom. The van der Waals surface area contributed by atoms with Crippen molar-refractivity contribution in [3.63, 3.8) is 0 Å². The summed E-state index contributed by atoms with van der Waals surface area (Å²) >= 11 is 0. The van der Waals surface area contributed by atoms with Crippen LogP contribution in [0, 0.1) is 12.8 Å². The number of likely N-dealkylation sites (tertiary alicyclic amines) is 1. The number of piperidine rings is 1. The second-order valence-electron chi connectivity index (χ2n) is 7.43. The van der Waals surface area contributed by atoms with Crippen molar-refractivity contribution in [2.75, 3.05) is 19.6 Å². The maximum atomic E-state index is 13.1. The first kappa shape index (κ1) is 19.2. The maximum absolute atomic E-state index is 13.1. The molecule has 2 aromatic rings. The first-order valence-corrected chi connectivity index (χ1v) is 9.69. The Bertz CT molecular complexity index is 762. The highest BCUT2D eigenvalue weighted by Gasteiger charge is 2.23. The predicted molar refractivity (Wildman–Crippen MR) is 104 cm³/mol. The average Bonchev–Trinajstić information content (AvgIpc) is 3.18. The van der Waals surface area contributed by atoms with E-state index in [1.54, 1.807) is 11.2 Å². The van der Waals surface area contributed by atoms with Crippen molar-refractivity contribution in [3.05, 3.63) is 59.5 Å². The zero-order valence-electron chi connectivity index (χ0n) is 16.2. The van der Waals surface area contributed by atoms with Crippen LogP contribution in [0.2, 0.25) is 0 Å². The van der Waals surface area contributed by atoms with Gasteiger partial charge >= 0.3 is 0 Å². The van der Waals surface area contributed by atoms with Gasteiger partial charge < -0.3 is 14.2 Å². The monoisotopic (exact) mass is 368 g/mol. The Morgan fingerprint density at radius 3 is 2.56 bits per heavy atom. The lowest BCUT2D eigenvalue weighted by molar-refractivity contribution is -0.132. The third kappa shape index (κ3) is 5.00. The number of furan rings is 1. The number of aryl methyl sites for hydroxylation is 1. The molecule has 1 saturated heterocycles. The fourth-order valence-electron chi connectivity index (χ4n) is 3.47. The zero-order valence-corrected chi connectivity index (χ0v) is 16.2. The molecule has 5 heteroatoms. The first-order chi connectivity index (χ1) is 13.0. The van der Waals surface area contributed by atoms with Gasteiger partial charge in [-0.1, -0.05) is 25.1 Å². The summed E-state index contributed by atoms with van der Waals surface area (Å²) in [6.07, 6.45) is 4.06. The molecule has 1 aromatic carbocycles. The van der Waals surface area contributed by atoms with Crippen LogP contribution in [0.5, 0.6) is 0 Å². The van der Waals surface area contributed by atoms with E-state index in [2.05, 4.69) is 6.92 Å². The molecular weight excluding hydrogens is 340 g/mol. The minimum Gasteiger partial charge on any atom is -0.467 e. The predicted octanol–water partition coefficient (Wildman–Crippen LogP) is 3.88. The fraction of sp³-hybridized carbons (Fsp3) is 0.455. The molecule has 27 heavy (non-hydrogen) atoms. The van der Waals surface area contributed by atoms with Gasteiger partial charge in [0.1, 0.15) is 5.76 Å². The molecule has 0 saturated carbocycles. The van der Waals surface area contributed by atoms with Crippen LogP contribution in [0.15, 0.2) is 47.1 Å². The second kappa shape index (κ2) is 8.89. The van der Waals surface area contributed by atoms with E-state index in [0.29, 0.717) is 31.0 Å². The van der Waals surface area contributed by atoms with Crippen molar-refractivity contribution in [1.82, 2.24) is 9.80 Å². The van der Waals surface area contributed by atoms with E-state index in [4.69, 9.17) is 4.42 Å². The zero-order chi connectivity index (χ0) is 19.2. The molecule has 0 N–H and O–H groups in total. The molecule has 0 aliphatic carbocycles. The van der Waals surface area contributed by atoms with Gasteiger partial charge in [0.25, 0.3) is 5.91 Å². The van der Waals surface area contributed by atoms with Crippen LogP contribution in [0.1, 0.15) is 47.9 Å². The summed E-state index contributed by atoms with van der Waals surface area (Å²) in [4.78, 5) is 29.3. The smallest absolute Gasteiger partial charge is 0.254 e. The van der Waals surface area contributed by atoms with Crippen LogP contribution in [0.3, 0.4) is 0 Å². The highest BCUT2D eigenvalue weighted by molar-refractivity contribution is 5.95. The normalized spacial score (nSPS) is 15.0. The molecular formula is C22H28N2O3. The molecule has 1 fully saturated rings. The van der Waals surface area contributed by atoms with E-state index < -0.39 is 0 Å². The Hall–Kier alpha value is -2.56. The van der Waals surface area contributed by atoms with Crippen LogP contribution in [0.25, 0.3) is 0 Å². The molecule has 0 radical (unpaired) electrons. The van der Waals surface area contributed by atoms with Gasteiger partial charge in [0.15, 0.2) is 0 Å². The largest absolute Gasteiger partial charge is 0.467 e. The highest BCUT2D eigenvalue weighted by Crippen LogP contribution is 2.18. The number of carbonyl (C=O) groups is 2. The number of nitrogens with zero attached hydrogens (tertiary/aromatic N) is 2. The SMILES string of the molecule is Cc1ccccc1C(=O)N(CCC(=O)N1CCC(C)CC1)Cc1ccco1. The number of hydrogen-bond acceptors (Lipinski definition) is 3. The molecule has 2 amide bonds. The number of hydrogen-bond donors (Lipinski definition) is 0. The van der Waals surface area contributed by atoms with Crippen LogP contribution in [0.4, 0.5) is 0 Å². The first-order valence-electron chi connectivity index (χ1n) is 9.69. The summed E-state index contributed by atoms with van der Waals surface area (Å²) in [6, 6.07) is 11.2. The van der Waals surface area contributed by atoms with E-state index in [-0.39, 0.29) is 11.8 Å². The second-order valence-corrected chi connectivity index (χ2v) is 7.43. The third-order valence-corrected chi connectivity index (χ3v) is 5.32. The van der Waals surface area contributed by atoms with Crippen LogP contribution in [-0.2, 0) is 11.3 Å². The van der Waals surface area contributed by atoms with Gasteiger partial charge in [0.2, 0.25) is 5.91 Å². The Kier molecular flexibility index (Phi) is 6.32. The molecule has 1 aliphatic rings. The third-order valence-electron chi connectivity index (χ3n) is 5.32. The molecule has 0 unspecified atom stereocenters. The van der Waals surface area contributed by atoms with Gasteiger partial charge in [-0.25, -0.2) is 0 Å². The van der Waals surface area contributed by atoms with Gasteiger partial charge in [0, 0.05) is 31.6 Å².